The van der Waals surface area contributed by atoms with Gasteiger partial charge in [0, 0.05) is 6.54 Å². The van der Waals surface area contributed by atoms with Crippen molar-refractivity contribution in [2.24, 2.45) is 0 Å². The summed E-state index contributed by atoms with van der Waals surface area (Å²) < 4.78 is 0. The highest BCUT2D eigenvalue weighted by atomic mass is 16.2. The molecule has 5 heteroatoms. The number of rotatable bonds is 1. The lowest BCUT2D eigenvalue weighted by molar-refractivity contribution is 0.247. The Bertz CT molecular complexity index is 400. The molecule has 5 nitrogen and oxygen atoms in total. The van der Waals surface area contributed by atoms with Gasteiger partial charge in [-0.25, -0.2) is 9.80 Å². The third-order valence-electron chi connectivity index (χ3n) is 3.04. The van der Waals surface area contributed by atoms with Crippen LogP contribution in [-0.2, 0) is 0 Å². The molecule has 0 radical (unpaired) electrons. The highest BCUT2D eigenvalue weighted by Gasteiger charge is 2.44. The zero-order chi connectivity index (χ0) is 11.0. The van der Waals surface area contributed by atoms with E-state index in [1.807, 2.05) is 30.3 Å². The smallest absolute Gasteiger partial charge is 0.316 e. The predicted octanol–water partition coefficient (Wildman–Crippen LogP) is 0.410. The second-order valence-corrected chi connectivity index (χ2v) is 4.22. The average Bonchev–Trinajstić information content (AvgIpc) is 2.88. The summed E-state index contributed by atoms with van der Waals surface area (Å²) >= 11 is 0. The Labute approximate surface area is 93.8 Å². The number of carbonyl (C=O) groups is 1. The van der Waals surface area contributed by atoms with Crippen molar-refractivity contribution in [1.29, 1.82) is 0 Å². The number of hydrogen-bond acceptors (Lipinski definition) is 3. The first-order chi connectivity index (χ1) is 7.79. The summed E-state index contributed by atoms with van der Waals surface area (Å²) in [6.45, 7) is 1.69. The van der Waals surface area contributed by atoms with Gasteiger partial charge in [0.05, 0.1) is 5.69 Å². The maximum atomic E-state index is 11.9. The molecular weight excluding hydrogens is 204 g/mol. The van der Waals surface area contributed by atoms with E-state index in [9.17, 15) is 4.79 Å². The van der Waals surface area contributed by atoms with E-state index >= 15 is 0 Å². The Hall–Kier alpha value is -1.59. The number of amides is 2. The number of benzene rings is 1. The summed E-state index contributed by atoms with van der Waals surface area (Å²) in [6, 6.07) is 9.51. The summed E-state index contributed by atoms with van der Waals surface area (Å²) in [7, 11) is 0. The summed E-state index contributed by atoms with van der Waals surface area (Å²) in [5.41, 5.74) is 3.81. The van der Waals surface area contributed by atoms with Crippen LogP contribution in [0.1, 0.15) is 6.42 Å². The Balaban J connectivity index is 1.86. The standard InChI is InChI=1S/C11H14N4O/c16-10-13-11(6-7-12-8-11)14-15(10)9-4-2-1-3-5-9/h1-5,12,14H,6-8H2,(H,13,16). The zero-order valence-electron chi connectivity index (χ0n) is 8.86. The van der Waals surface area contributed by atoms with E-state index in [0.29, 0.717) is 0 Å². The molecule has 1 aromatic rings. The molecule has 1 spiro atoms. The predicted molar refractivity (Wildman–Crippen MR) is 60.8 cm³/mol. The van der Waals surface area contributed by atoms with Gasteiger partial charge >= 0.3 is 6.03 Å². The van der Waals surface area contributed by atoms with Crippen molar-refractivity contribution in [2.75, 3.05) is 18.1 Å². The summed E-state index contributed by atoms with van der Waals surface area (Å²) in [5, 5.41) is 7.81. The molecule has 0 saturated carbocycles. The molecule has 2 amide bonds. The number of nitrogens with zero attached hydrogens (tertiary/aromatic N) is 1. The van der Waals surface area contributed by atoms with E-state index in [1.165, 1.54) is 0 Å². The zero-order valence-corrected chi connectivity index (χ0v) is 8.86. The van der Waals surface area contributed by atoms with Crippen LogP contribution in [0.4, 0.5) is 10.5 Å². The Kier molecular flexibility index (Phi) is 2.08. The third kappa shape index (κ3) is 1.45. The molecule has 3 rings (SSSR count). The number of para-hydroxylation sites is 1. The maximum Gasteiger partial charge on any atom is 0.338 e. The van der Waals surface area contributed by atoms with Crippen LogP contribution in [0.3, 0.4) is 0 Å². The van der Waals surface area contributed by atoms with E-state index in [4.69, 9.17) is 0 Å². The minimum Gasteiger partial charge on any atom is -0.316 e. The number of anilines is 1. The van der Waals surface area contributed by atoms with Gasteiger partial charge in [-0.1, -0.05) is 18.2 Å². The van der Waals surface area contributed by atoms with Crippen LogP contribution in [-0.4, -0.2) is 24.8 Å². The molecule has 84 valence electrons. The molecule has 2 aliphatic heterocycles. The monoisotopic (exact) mass is 218 g/mol. The maximum absolute atomic E-state index is 11.9. The normalized spacial score (nSPS) is 28.8. The van der Waals surface area contributed by atoms with Gasteiger partial charge < -0.3 is 10.6 Å². The van der Waals surface area contributed by atoms with Gasteiger partial charge in [0.25, 0.3) is 0 Å². The van der Waals surface area contributed by atoms with Crippen LogP contribution in [0.5, 0.6) is 0 Å². The van der Waals surface area contributed by atoms with Crippen LogP contribution in [0, 0.1) is 0 Å². The first-order valence-electron chi connectivity index (χ1n) is 5.45. The first kappa shape index (κ1) is 9.62. The molecule has 3 N–H and O–H groups in total. The van der Waals surface area contributed by atoms with E-state index in [2.05, 4.69) is 16.1 Å². The van der Waals surface area contributed by atoms with Crippen molar-refractivity contribution in [3.8, 4) is 0 Å². The highest BCUT2D eigenvalue weighted by molar-refractivity contribution is 5.93. The molecule has 16 heavy (non-hydrogen) atoms. The van der Waals surface area contributed by atoms with Gasteiger partial charge in [-0.2, -0.15) is 5.43 Å². The van der Waals surface area contributed by atoms with Crippen LogP contribution < -0.4 is 21.1 Å². The molecule has 0 aromatic heterocycles. The van der Waals surface area contributed by atoms with Crippen LogP contribution in [0.2, 0.25) is 0 Å². The summed E-state index contributed by atoms with van der Waals surface area (Å²) in [6.07, 6.45) is 0.905. The highest BCUT2D eigenvalue weighted by Crippen LogP contribution is 2.22. The fraction of sp³-hybridized carbons (Fsp3) is 0.364. The van der Waals surface area contributed by atoms with Crippen LogP contribution >= 0.6 is 0 Å². The largest absolute Gasteiger partial charge is 0.338 e. The first-order valence-corrected chi connectivity index (χ1v) is 5.45. The molecule has 1 atom stereocenters. The number of nitrogens with one attached hydrogen (secondary N) is 3. The molecule has 2 fully saturated rings. The molecule has 0 bridgehead atoms. The fourth-order valence-electron chi connectivity index (χ4n) is 2.21. The van der Waals surface area contributed by atoms with Gasteiger partial charge in [-0.3, -0.25) is 0 Å². The van der Waals surface area contributed by atoms with E-state index in [0.717, 1.165) is 25.2 Å². The fourth-order valence-corrected chi connectivity index (χ4v) is 2.21. The van der Waals surface area contributed by atoms with Gasteiger partial charge in [-0.15, -0.1) is 0 Å². The lowest BCUT2D eigenvalue weighted by atomic mass is 10.1. The van der Waals surface area contributed by atoms with Gasteiger partial charge in [0.15, 0.2) is 0 Å². The Morgan fingerprint density at radius 3 is 2.75 bits per heavy atom. The molecule has 1 unspecified atom stereocenters. The molecule has 2 saturated heterocycles. The van der Waals surface area contributed by atoms with Crippen molar-refractivity contribution < 1.29 is 4.79 Å². The van der Waals surface area contributed by atoms with Crippen molar-refractivity contribution >= 4 is 11.7 Å². The van der Waals surface area contributed by atoms with Crippen molar-refractivity contribution in [3.63, 3.8) is 0 Å². The number of hydrazine groups is 1. The molecule has 2 aliphatic rings. The van der Waals surface area contributed by atoms with Crippen molar-refractivity contribution in [3.05, 3.63) is 30.3 Å². The van der Waals surface area contributed by atoms with E-state index in [-0.39, 0.29) is 11.7 Å². The number of urea groups is 1. The van der Waals surface area contributed by atoms with Gasteiger partial charge in [0.2, 0.25) is 0 Å². The van der Waals surface area contributed by atoms with Gasteiger partial charge in [-0.05, 0) is 25.1 Å². The lowest BCUT2D eigenvalue weighted by Gasteiger charge is -2.23. The van der Waals surface area contributed by atoms with Crippen LogP contribution in [0.25, 0.3) is 0 Å². The Morgan fingerprint density at radius 2 is 2.06 bits per heavy atom. The summed E-state index contributed by atoms with van der Waals surface area (Å²) in [4.78, 5) is 11.9. The number of hydrogen-bond donors (Lipinski definition) is 3. The van der Waals surface area contributed by atoms with Crippen molar-refractivity contribution in [1.82, 2.24) is 16.1 Å². The van der Waals surface area contributed by atoms with E-state index in [1.54, 1.807) is 5.01 Å². The molecule has 1 aromatic carbocycles. The summed E-state index contributed by atoms with van der Waals surface area (Å²) in [5.74, 6) is 0. The van der Waals surface area contributed by atoms with Crippen LogP contribution in [0.15, 0.2) is 30.3 Å². The third-order valence-corrected chi connectivity index (χ3v) is 3.04. The Morgan fingerprint density at radius 1 is 1.25 bits per heavy atom. The molecular formula is C11H14N4O. The molecule has 2 heterocycles. The SMILES string of the molecule is O=C1NC2(CCNC2)NN1c1ccccc1. The molecule has 0 aliphatic carbocycles. The minimum absolute atomic E-state index is 0.0881. The minimum atomic E-state index is -0.299. The topological polar surface area (TPSA) is 56.4 Å². The lowest BCUT2D eigenvalue weighted by Crippen LogP contribution is -2.52. The van der Waals surface area contributed by atoms with Crippen molar-refractivity contribution in [2.45, 2.75) is 12.1 Å². The van der Waals surface area contributed by atoms with E-state index < -0.39 is 0 Å². The quantitative estimate of drug-likeness (QED) is 0.640. The number of carbonyl (C=O) groups excluding carboxylic acids is 1. The average molecular weight is 218 g/mol. The second-order valence-electron chi connectivity index (χ2n) is 4.22. The van der Waals surface area contributed by atoms with Gasteiger partial charge in [0.1, 0.15) is 5.66 Å². The second kappa shape index (κ2) is 3.47.